The number of fused-ring (bicyclic) bond motifs is 1. The standard InChI is InChI=1S/C31H36BrN3O6S/c1-4-22(2)33-31(37)27(18-23-9-6-5-7-10-23)34(20-24-11-8-12-25(32)17-24)30(36)21-35(42(3,38)39)26-13-14-28-29(19-26)41-16-15-40-28/h5-14,17,19,22,27H,4,15-16,18,20-21H2,1-3H3,(H,33,37)/t22-,27-/m0/s1. The summed E-state index contributed by atoms with van der Waals surface area (Å²) in [7, 11) is -3.90. The number of carbonyl (C=O) groups is 2. The molecule has 0 saturated carbocycles. The van der Waals surface area contributed by atoms with Crippen LogP contribution < -0.4 is 19.1 Å². The first-order chi connectivity index (χ1) is 20.0. The SMILES string of the molecule is CC[C@H](C)NC(=O)[C@H](Cc1ccccc1)N(Cc1cccc(Br)c1)C(=O)CN(c1ccc2c(c1)OCCO2)S(C)(=O)=O. The van der Waals surface area contributed by atoms with E-state index in [0.29, 0.717) is 24.7 Å². The molecule has 1 aliphatic heterocycles. The summed E-state index contributed by atoms with van der Waals surface area (Å²) in [5.74, 6) is 0.0868. The minimum absolute atomic E-state index is 0.0996. The minimum Gasteiger partial charge on any atom is -0.486 e. The average molecular weight is 659 g/mol. The number of nitrogens with zero attached hydrogens (tertiary/aromatic N) is 2. The summed E-state index contributed by atoms with van der Waals surface area (Å²) < 4.78 is 39.2. The van der Waals surface area contributed by atoms with Crippen LogP contribution in [0.25, 0.3) is 0 Å². The predicted molar refractivity (Wildman–Crippen MR) is 166 cm³/mol. The molecule has 0 unspecified atom stereocenters. The van der Waals surface area contributed by atoms with Gasteiger partial charge in [0.05, 0.1) is 11.9 Å². The molecule has 224 valence electrons. The number of benzene rings is 3. The fourth-order valence-electron chi connectivity index (χ4n) is 4.63. The molecular weight excluding hydrogens is 622 g/mol. The van der Waals surface area contributed by atoms with Crippen molar-refractivity contribution < 1.29 is 27.5 Å². The molecule has 0 saturated heterocycles. The molecule has 42 heavy (non-hydrogen) atoms. The Morgan fingerprint density at radius 1 is 0.952 bits per heavy atom. The van der Waals surface area contributed by atoms with E-state index in [1.165, 1.54) is 4.90 Å². The molecule has 0 aliphatic carbocycles. The lowest BCUT2D eigenvalue weighted by molar-refractivity contribution is -0.140. The van der Waals surface area contributed by atoms with Gasteiger partial charge in [0.25, 0.3) is 0 Å². The predicted octanol–water partition coefficient (Wildman–Crippen LogP) is 4.54. The molecule has 1 aliphatic rings. The molecule has 0 bridgehead atoms. The summed E-state index contributed by atoms with van der Waals surface area (Å²) in [6.07, 6.45) is 2.02. The smallest absolute Gasteiger partial charge is 0.244 e. The third-order valence-corrected chi connectivity index (χ3v) is 8.64. The molecule has 3 aromatic rings. The Labute approximate surface area is 256 Å². The summed E-state index contributed by atoms with van der Waals surface area (Å²) in [6, 6.07) is 20.7. The van der Waals surface area contributed by atoms with E-state index in [-0.39, 0.29) is 30.6 Å². The fourth-order valence-corrected chi connectivity index (χ4v) is 5.92. The molecule has 0 radical (unpaired) electrons. The Morgan fingerprint density at radius 3 is 2.31 bits per heavy atom. The maximum atomic E-state index is 14.2. The zero-order valence-corrected chi connectivity index (χ0v) is 26.4. The van der Waals surface area contributed by atoms with E-state index in [2.05, 4.69) is 21.2 Å². The molecule has 1 N–H and O–H groups in total. The van der Waals surface area contributed by atoms with E-state index in [1.807, 2.05) is 68.4 Å². The van der Waals surface area contributed by atoms with E-state index in [9.17, 15) is 18.0 Å². The van der Waals surface area contributed by atoms with Gasteiger partial charge >= 0.3 is 0 Å². The van der Waals surface area contributed by atoms with Crippen molar-refractivity contribution in [2.24, 2.45) is 0 Å². The number of ether oxygens (including phenoxy) is 2. The van der Waals surface area contributed by atoms with Crippen LogP contribution in [0.3, 0.4) is 0 Å². The van der Waals surface area contributed by atoms with E-state index in [0.717, 1.165) is 32.6 Å². The van der Waals surface area contributed by atoms with Gasteiger partial charge in [0, 0.05) is 29.5 Å². The third-order valence-electron chi connectivity index (χ3n) is 7.01. The number of sulfonamides is 1. The maximum absolute atomic E-state index is 14.2. The number of hydrogen-bond acceptors (Lipinski definition) is 6. The van der Waals surface area contributed by atoms with Crippen LogP contribution in [0.4, 0.5) is 5.69 Å². The number of halogens is 1. The molecule has 2 amide bonds. The van der Waals surface area contributed by atoms with E-state index < -0.39 is 28.5 Å². The molecule has 0 spiro atoms. The number of anilines is 1. The molecular formula is C31H36BrN3O6S. The number of amides is 2. The first-order valence-electron chi connectivity index (χ1n) is 13.8. The Hall–Kier alpha value is -3.57. The Kier molecular flexibility index (Phi) is 10.5. The Bertz CT molecular complexity index is 1500. The first-order valence-corrected chi connectivity index (χ1v) is 16.4. The highest BCUT2D eigenvalue weighted by Gasteiger charge is 2.33. The number of hydrogen-bond donors (Lipinski definition) is 1. The second kappa shape index (κ2) is 14.1. The van der Waals surface area contributed by atoms with Crippen LogP contribution in [0.1, 0.15) is 31.4 Å². The van der Waals surface area contributed by atoms with Crippen molar-refractivity contribution in [1.29, 1.82) is 0 Å². The first kappa shape index (κ1) is 31.4. The van der Waals surface area contributed by atoms with Crippen LogP contribution in [0.2, 0.25) is 0 Å². The van der Waals surface area contributed by atoms with Crippen molar-refractivity contribution in [2.45, 2.75) is 45.3 Å². The van der Waals surface area contributed by atoms with Gasteiger partial charge < -0.3 is 19.7 Å². The molecule has 4 rings (SSSR count). The van der Waals surface area contributed by atoms with Crippen molar-refractivity contribution in [3.8, 4) is 11.5 Å². The van der Waals surface area contributed by atoms with E-state index in [1.54, 1.807) is 18.2 Å². The highest BCUT2D eigenvalue weighted by molar-refractivity contribution is 9.10. The summed E-state index contributed by atoms with van der Waals surface area (Å²) >= 11 is 3.49. The van der Waals surface area contributed by atoms with E-state index in [4.69, 9.17) is 9.47 Å². The van der Waals surface area contributed by atoms with Crippen molar-refractivity contribution >= 4 is 43.5 Å². The van der Waals surface area contributed by atoms with Crippen LogP contribution >= 0.6 is 15.9 Å². The number of rotatable bonds is 12. The zero-order valence-electron chi connectivity index (χ0n) is 24.0. The molecule has 9 nitrogen and oxygen atoms in total. The van der Waals surface area contributed by atoms with Crippen LogP contribution in [0.15, 0.2) is 77.3 Å². The van der Waals surface area contributed by atoms with Gasteiger partial charge in [0.1, 0.15) is 25.8 Å². The molecule has 0 aromatic heterocycles. The number of carbonyl (C=O) groups excluding carboxylic acids is 2. The third kappa shape index (κ3) is 8.25. The van der Waals surface area contributed by atoms with Gasteiger partial charge in [-0.3, -0.25) is 13.9 Å². The van der Waals surface area contributed by atoms with Crippen molar-refractivity contribution in [3.05, 3.63) is 88.4 Å². The molecule has 11 heteroatoms. The normalized spacial score (nSPS) is 14.0. The Morgan fingerprint density at radius 2 is 1.64 bits per heavy atom. The lowest BCUT2D eigenvalue weighted by Gasteiger charge is -2.34. The average Bonchev–Trinajstić information content (AvgIpc) is 2.97. The Balaban J connectivity index is 1.73. The molecule has 0 fully saturated rings. The van der Waals surface area contributed by atoms with Gasteiger partial charge in [-0.05, 0) is 48.7 Å². The zero-order chi connectivity index (χ0) is 30.3. The van der Waals surface area contributed by atoms with E-state index >= 15 is 0 Å². The van der Waals surface area contributed by atoms with Crippen LogP contribution in [0, 0.1) is 0 Å². The second-order valence-corrected chi connectivity index (χ2v) is 13.1. The van der Waals surface area contributed by atoms with Gasteiger partial charge in [0.15, 0.2) is 11.5 Å². The largest absolute Gasteiger partial charge is 0.486 e. The highest BCUT2D eigenvalue weighted by Crippen LogP contribution is 2.35. The van der Waals surface area contributed by atoms with Gasteiger partial charge in [-0.25, -0.2) is 8.42 Å². The van der Waals surface area contributed by atoms with Gasteiger partial charge in [-0.2, -0.15) is 0 Å². The quantitative estimate of drug-likeness (QED) is 0.307. The van der Waals surface area contributed by atoms with Crippen LogP contribution in [-0.4, -0.2) is 63.2 Å². The minimum atomic E-state index is -3.90. The monoisotopic (exact) mass is 657 g/mol. The second-order valence-electron chi connectivity index (χ2n) is 10.3. The van der Waals surface area contributed by atoms with Crippen molar-refractivity contribution in [2.75, 3.05) is 30.3 Å². The van der Waals surface area contributed by atoms with Gasteiger partial charge in [-0.15, -0.1) is 0 Å². The van der Waals surface area contributed by atoms with Crippen molar-refractivity contribution in [1.82, 2.24) is 10.2 Å². The summed E-state index contributed by atoms with van der Waals surface area (Å²) in [4.78, 5) is 29.4. The number of nitrogens with one attached hydrogen (secondary N) is 1. The molecule has 1 heterocycles. The topological polar surface area (TPSA) is 105 Å². The fraction of sp³-hybridized carbons (Fsp3) is 0.355. The van der Waals surface area contributed by atoms with Crippen molar-refractivity contribution in [3.63, 3.8) is 0 Å². The lowest BCUT2D eigenvalue weighted by Crippen LogP contribution is -2.54. The lowest BCUT2D eigenvalue weighted by atomic mass is 10.0. The molecule has 3 aromatic carbocycles. The van der Waals surface area contributed by atoms with Crippen LogP contribution in [-0.2, 0) is 32.6 Å². The summed E-state index contributed by atoms with van der Waals surface area (Å²) in [5.41, 5.74) is 1.93. The van der Waals surface area contributed by atoms with Gasteiger partial charge in [-0.1, -0.05) is 65.3 Å². The molecule has 2 atom stereocenters. The summed E-state index contributed by atoms with van der Waals surface area (Å²) in [6.45, 7) is 4.20. The summed E-state index contributed by atoms with van der Waals surface area (Å²) in [5, 5.41) is 3.03. The van der Waals surface area contributed by atoms with Crippen LogP contribution in [0.5, 0.6) is 11.5 Å². The van der Waals surface area contributed by atoms with Gasteiger partial charge in [0.2, 0.25) is 21.8 Å². The highest BCUT2D eigenvalue weighted by atomic mass is 79.9. The maximum Gasteiger partial charge on any atom is 0.244 e.